The number of nitrogens with zero attached hydrogens (tertiary/aromatic N) is 6. The number of hydrogen-bond acceptors (Lipinski definition) is 4. The number of nitriles is 3. The van der Waals surface area contributed by atoms with E-state index >= 15 is 0 Å². The molecule has 668 valence electrons. The fourth-order valence-electron chi connectivity index (χ4n) is 31.6. The summed E-state index contributed by atoms with van der Waals surface area (Å²) in [5, 5.41) is 41.3. The molecule has 12 aliphatic carbocycles. The molecule has 12 saturated carbocycles. The van der Waals surface area contributed by atoms with E-state index < -0.39 is 0 Å². The number of hydrogen-bond donors (Lipinski definition) is 0. The molecule has 6 nitrogen and oxygen atoms in total. The smallest absolute Gasteiger partial charge is 0.0991 e. The topological polar surface area (TPSA) is 84.5 Å². The predicted octanol–water partition coefficient (Wildman–Crippen LogP) is 33.0. The Kier molecular flexibility index (Phi) is 19.4. The number of benzene rings is 17. The molecule has 2 aromatic heterocycles. The second kappa shape index (κ2) is 32.3. The van der Waals surface area contributed by atoms with Crippen LogP contribution in [-0.4, -0.2) is 9.13 Å². The van der Waals surface area contributed by atoms with Crippen molar-refractivity contribution in [2.45, 2.75) is 132 Å². The van der Waals surface area contributed by atoms with Crippen LogP contribution in [-0.2, 0) is 21.7 Å². The molecule has 0 atom stereocenters. The van der Waals surface area contributed by atoms with Gasteiger partial charge in [0.05, 0.1) is 68.3 Å². The van der Waals surface area contributed by atoms with Crippen LogP contribution in [0.1, 0.15) is 171 Å². The Hall–Kier alpha value is -14.6. The molecule has 17 aromatic carbocycles. The van der Waals surface area contributed by atoms with Gasteiger partial charge in [0, 0.05) is 60.3 Å². The normalized spacial score (nSPS) is 25.6. The van der Waals surface area contributed by atoms with E-state index in [0.29, 0.717) is 46.6 Å². The minimum absolute atomic E-state index is 0.00105. The van der Waals surface area contributed by atoms with Crippen molar-refractivity contribution < 1.29 is 0 Å². The van der Waals surface area contributed by atoms with E-state index in [1.807, 2.05) is 48.5 Å². The third kappa shape index (κ3) is 12.9. The fourth-order valence-corrected chi connectivity index (χ4v) is 31.6. The van der Waals surface area contributed by atoms with Crippen molar-refractivity contribution in [2.75, 3.05) is 4.90 Å². The summed E-state index contributed by atoms with van der Waals surface area (Å²) in [6.07, 6.45) is 20.5. The van der Waals surface area contributed by atoms with Crippen molar-refractivity contribution in [1.29, 1.82) is 15.8 Å². The van der Waals surface area contributed by atoms with Crippen LogP contribution in [0.25, 0.3) is 110 Å². The molecule has 13 aliphatic rings. The van der Waals surface area contributed by atoms with Gasteiger partial charge in [-0.2, -0.15) is 15.8 Å². The summed E-state index contributed by atoms with van der Waals surface area (Å²) in [6.45, 7) is 4.86. The molecule has 1 aliphatic heterocycles. The third-order valence-electron chi connectivity index (χ3n) is 36.6. The van der Waals surface area contributed by atoms with Crippen molar-refractivity contribution in [2.24, 2.45) is 71.0 Å². The second-order valence-electron chi connectivity index (χ2n) is 43.7. The van der Waals surface area contributed by atoms with E-state index in [0.717, 1.165) is 68.7 Å². The highest BCUT2D eigenvalue weighted by Gasteiger charge is 2.62. The average Bonchev–Trinajstić information content (AvgIpc) is 1.09. The molecule has 0 spiro atoms. The molecular weight excluding hydrogens is 1670 g/mol. The van der Waals surface area contributed by atoms with Gasteiger partial charge in [-0.25, -0.2) is 0 Å². The van der Waals surface area contributed by atoms with Crippen molar-refractivity contribution in [3.63, 3.8) is 0 Å². The van der Waals surface area contributed by atoms with Crippen molar-refractivity contribution >= 4 is 93.0 Å². The SMILES string of the molecule is CC1(C)c2ccccc2N(c2ccccc2)c2ccc(C3(c4ccc5cc(-c6cccc(C#N)c6)ccc5c4)C4CC5CC(C4)CC3C5)cc21.N#Cc1ccc2cc(C3(c4ccc5c(c4)c4ccccc4n5-c4ccccc4)C4CC5CC(C4)CC3C5)ccc2c1.N#Cc1cccc(-c2ccc3cc(C4(c5ccc6c(c5)c5ccccc5n6-c5ccccc5)C5CC6CC(C5)CC4C6)ccc3c2)c1. The standard InChI is InChI=1S/C48H42N2.C45H36N2.C39H32N2/c1-47(2)43-13-6-7-14-45(43)50(42-11-4-3-5-12-42)46-20-19-39(29-44(46)47)48(40-23-32-21-33(25-40)26-41(48)24-32)38-18-17-36-27-35(15-16-37(36)28-38)34-10-8-9-31(22-34)30-49;46-28-29-7-6-8-32(20-29)33-13-14-35-26-36(16-15-34(35)25-33)45(38-21-30-19-31(23-38)24-39(45)22-30)37-17-18-44-42(27-37)41-11-4-5-12-43(41)47(44)40-9-2-1-3-10-40;40-24-25-10-11-29-22-30(13-12-28(29)17-25)39(32-18-26-16-27(20-32)21-33(39)19-26)31-14-15-38-36(23-31)35-8-4-5-9-37(35)41(38)34-6-2-1-3-7-34/h3-20,22,27-29,32-33,40-41H,21,23-26H2,1-2H3;1-18,20,25-27,30-31,38-39H,19,21-24H2;1-15,17,22-23,26-27,32-33H,16,18-21H2. The lowest BCUT2D eigenvalue weighted by molar-refractivity contribution is -0.0418. The van der Waals surface area contributed by atoms with Crippen LogP contribution in [0.3, 0.4) is 0 Å². The number of anilines is 3. The van der Waals surface area contributed by atoms with Gasteiger partial charge in [0.2, 0.25) is 0 Å². The molecule has 3 heterocycles. The Morgan fingerprint density at radius 2 is 0.536 bits per heavy atom. The third-order valence-corrected chi connectivity index (χ3v) is 36.6. The first-order valence-corrected chi connectivity index (χ1v) is 51.2. The van der Waals surface area contributed by atoms with Gasteiger partial charge in [-0.15, -0.1) is 0 Å². The first-order valence-electron chi connectivity index (χ1n) is 51.2. The van der Waals surface area contributed by atoms with Gasteiger partial charge < -0.3 is 14.0 Å². The van der Waals surface area contributed by atoms with Gasteiger partial charge in [-0.3, -0.25) is 0 Å². The minimum atomic E-state index is -0.136. The zero-order valence-electron chi connectivity index (χ0n) is 78.5. The predicted molar refractivity (Wildman–Crippen MR) is 565 cm³/mol. The Labute approximate surface area is 809 Å². The van der Waals surface area contributed by atoms with Crippen molar-refractivity contribution in [3.8, 4) is 51.8 Å². The van der Waals surface area contributed by atoms with Gasteiger partial charge in [0.1, 0.15) is 0 Å². The van der Waals surface area contributed by atoms with Gasteiger partial charge >= 0.3 is 0 Å². The van der Waals surface area contributed by atoms with E-state index in [2.05, 4.69) is 374 Å². The van der Waals surface area contributed by atoms with Crippen LogP contribution >= 0.6 is 0 Å². The molecule has 138 heavy (non-hydrogen) atoms. The maximum atomic E-state index is 9.49. The summed E-state index contributed by atoms with van der Waals surface area (Å²) in [4.78, 5) is 2.49. The monoisotopic (exact) mass is 1780 g/mol. The first-order chi connectivity index (χ1) is 67.8. The van der Waals surface area contributed by atoms with E-state index in [9.17, 15) is 15.8 Å². The summed E-state index contributed by atoms with van der Waals surface area (Å²) in [6, 6.07) is 147. The zero-order valence-corrected chi connectivity index (χ0v) is 78.5. The molecule has 0 saturated heterocycles. The molecule has 12 fully saturated rings. The van der Waals surface area contributed by atoms with Crippen molar-refractivity contribution in [1.82, 2.24) is 9.13 Å². The number of rotatable bonds is 11. The summed E-state index contributed by atoms with van der Waals surface area (Å²) in [7, 11) is 0. The molecule has 19 aromatic rings. The molecule has 0 radical (unpaired) electrons. The van der Waals surface area contributed by atoms with Crippen LogP contribution in [0.4, 0.5) is 17.1 Å². The first kappa shape index (κ1) is 82.8. The lowest BCUT2D eigenvalue weighted by Crippen LogP contribution is -2.56. The average molecular weight is 1780 g/mol. The maximum Gasteiger partial charge on any atom is 0.0991 e. The van der Waals surface area contributed by atoms with E-state index in [1.54, 1.807) is 0 Å². The number of fused-ring (bicyclic) bond motifs is 11. The van der Waals surface area contributed by atoms with Gasteiger partial charge in [-0.05, 0) is 400 Å². The molecule has 6 heteroatoms. The summed E-state index contributed by atoms with van der Waals surface area (Å²) >= 11 is 0. The van der Waals surface area contributed by atoms with Crippen LogP contribution in [0.2, 0.25) is 0 Å². The highest BCUT2D eigenvalue weighted by atomic mass is 15.2. The van der Waals surface area contributed by atoms with Gasteiger partial charge in [-0.1, -0.05) is 257 Å². The lowest BCUT2D eigenvalue weighted by Gasteiger charge is -2.62. The molecule has 0 amide bonds. The summed E-state index contributed by atoms with van der Waals surface area (Å²) < 4.78 is 4.87. The minimum Gasteiger partial charge on any atom is -0.310 e. The molecule has 0 N–H and O–H groups in total. The Morgan fingerprint density at radius 3 is 0.964 bits per heavy atom. The molecule has 0 unspecified atom stereocenters. The highest BCUT2D eigenvalue weighted by molar-refractivity contribution is 6.11. The van der Waals surface area contributed by atoms with Gasteiger partial charge in [0.15, 0.2) is 0 Å². The number of aromatic nitrogens is 2. The Bertz CT molecular complexity index is 8200. The van der Waals surface area contributed by atoms with Gasteiger partial charge in [0.25, 0.3) is 0 Å². The molecule has 12 bridgehead atoms. The molecule has 32 rings (SSSR count). The van der Waals surface area contributed by atoms with Crippen LogP contribution in [0.15, 0.2) is 376 Å². The second-order valence-corrected chi connectivity index (χ2v) is 43.7. The maximum absolute atomic E-state index is 9.49. The van der Waals surface area contributed by atoms with Crippen LogP contribution in [0, 0.1) is 105 Å². The summed E-state index contributed by atoms with van der Waals surface area (Å²) in [5.74, 6) is 9.35. The lowest BCUT2D eigenvalue weighted by atomic mass is 9.42. The largest absolute Gasteiger partial charge is 0.310 e. The quantitative estimate of drug-likeness (QED) is 0.129. The van der Waals surface area contributed by atoms with E-state index in [-0.39, 0.29) is 21.7 Å². The summed E-state index contributed by atoms with van der Waals surface area (Å²) in [5.41, 5.74) is 29.7. The Balaban J connectivity index is 0.000000105. The van der Waals surface area contributed by atoms with Crippen LogP contribution in [0.5, 0.6) is 0 Å². The zero-order chi connectivity index (χ0) is 91.9. The Morgan fingerprint density at radius 1 is 0.225 bits per heavy atom. The number of para-hydroxylation sites is 6. The van der Waals surface area contributed by atoms with Crippen LogP contribution < -0.4 is 4.90 Å². The van der Waals surface area contributed by atoms with E-state index in [4.69, 9.17) is 0 Å². The molecular formula is C132H110N6. The van der Waals surface area contributed by atoms with E-state index in [1.165, 1.54) is 240 Å². The van der Waals surface area contributed by atoms with Crippen molar-refractivity contribution in [3.05, 3.63) is 437 Å². The fraction of sp³-hybridized carbons (Fsp3) is 0.250. The highest BCUT2D eigenvalue weighted by Crippen LogP contribution is 2.70.